The van der Waals surface area contributed by atoms with E-state index in [0.717, 1.165) is 69.2 Å². The first kappa shape index (κ1) is 26.9. The number of ether oxygens (including phenoxy) is 4. The van der Waals surface area contributed by atoms with Crippen molar-refractivity contribution in [3.8, 4) is 17.2 Å². The third kappa shape index (κ3) is 7.02. The Morgan fingerprint density at radius 3 is 2.65 bits per heavy atom. The van der Waals surface area contributed by atoms with Gasteiger partial charge in [-0.25, -0.2) is 9.37 Å². The van der Waals surface area contributed by atoms with E-state index in [4.69, 9.17) is 18.9 Å². The average molecular weight is 512 g/mol. The Balaban J connectivity index is 1.32. The fraction of sp³-hybridized carbons (Fsp3) is 0.483. The molecule has 3 aromatic rings. The SMILES string of the molecule is CCc1nccn1CCOc1ccc(CN2CCCC(COc3ccccc3F)(OC)CC2)cc1OC. The first-order chi connectivity index (χ1) is 18.1. The number of methoxy groups -OCH3 is 2. The summed E-state index contributed by atoms with van der Waals surface area (Å²) in [5, 5.41) is 0. The van der Waals surface area contributed by atoms with Gasteiger partial charge in [0, 0.05) is 39.0 Å². The number of nitrogens with zero attached hydrogens (tertiary/aromatic N) is 3. The van der Waals surface area contributed by atoms with Gasteiger partial charge in [-0.1, -0.05) is 25.1 Å². The summed E-state index contributed by atoms with van der Waals surface area (Å²) in [4.78, 5) is 6.78. The standard InChI is InChI=1S/C29H38FN3O4/c1-4-28-31-14-17-33(28)18-19-36-26-11-10-23(20-27(26)34-2)21-32-15-7-12-29(35-3,13-16-32)22-37-25-9-6-5-8-24(25)30/h5-6,8-11,14,17,20H,4,7,12-13,15-16,18-19,21-22H2,1-3H3. The lowest BCUT2D eigenvalue weighted by Crippen LogP contribution is -2.39. The highest BCUT2D eigenvalue weighted by molar-refractivity contribution is 5.43. The molecule has 7 nitrogen and oxygen atoms in total. The number of hydrogen-bond acceptors (Lipinski definition) is 6. The number of aryl methyl sites for hydroxylation is 1. The lowest BCUT2D eigenvalue weighted by atomic mass is 9.95. The van der Waals surface area contributed by atoms with Gasteiger partial charge < -0.3 is 23.5 Å². The van der Waals surface area contributed by atoms with Crippen molar-refractivity contribution in [1.82, 2.24) is 14.5 Å². The van der Waals surface area contributed by atoms with Gasteiger partial charge in [0.2, 0.25) is 0 Å². The Bertz CT molecular complexity index is 1140. The van der Waals surface area contributed by atoms with Crippen molar-refractivity contribution in [3.05, 3.63) is 72.1 Å². The molecular formula is C29H38FN3O4. The second kappa shape index (κ2) is 12.9. The fourth-order valence-corrected chi connectivity index (χ4v) is 4.86. The van der Waals surface area contributed by atoms with Crippen LogP contribution < -0.4 is 14.2 Å². The van der Waals surface area contributed by atoms with Gasteiger partial charge in [0.15, 0.2) is 23.1 Å². The zero-order chi connectivity index (χ0) is 26.1. The minimum atomic E-state index is -0.431. The van der Waals surface area contributed by atoms with Crippen LogP contribution in [0.3, 0.4) is 0 Å². The number of para-hydroxylation sites is 1. The van der Waals surface area contributed by atoms with Gasteiger partial charge in [0.25, 0.3) is 0 Å². The minimum absolute atomic E-state index is 0.269. The number of aromatic nitrogens is 2. The van der Waals surface area contributed by atoms with Crippen LogP contribution in [0.15, 0.2) is 54.9 Å². The molecule has 0 amide bonds. The maximum Gasteiger partial charge on any atom is 0.165 e. The van der Waals surface area contributed by atoms with Crippen LogP contribution in [0.2, 0.25) is 0 Å². The normalized spacial score (nSPS) is 18.4. The summed E-state index contributed by atoms with van der Waals surface area (Å²) < 4.78 is 39.6. The second-order valence-corrected chi connectivity index (χ2v) is 9.46. The predicted octanol–water partition coefficient (Wildman–Crippen LogP) is 5.12. The maximum absolute atomic E-state index is 14.0. The average Bonchev–Trinajstić information content (AvgIpc) is 3.28. The molecule has 0 saturated carbocycles. The van der Waals surface area contributed by atoms with E-state index in [1.165, 1.54) is 11.6 Å². The molecule has 8 heteroatoms. The zero-order valence-corrected chi connectivity index (χ0v) is 22.1. The monoisotopic (exact) mass is 511 g/mol. The Kier molecular flexibility index (Phi) is 9.41. The van der Waals surface area contributed by atoms with Crippen LogP contribution >= 0.6 is 0 Å². The third-order valence-electron chi connectivity index (χ3n) is 7.09. The first-order valence-corrected chi connectivity index (χ1v) is 13.0. The van der Waals surface area contributed by atoms with Crippen LogP contribution in [0.1, 0.15) is 37.6 Å². The number of benzene rings is 2. The predicted molar refractivity (Wildman–Crippen MR) is 141 cm³/mol. The highest BCUT2D eigenvalue weighted by Crippen LogP contribution is 2.31. The summed E-state index contributed by atoms with van der Waals surface area (Å²) in [6, 6.07) is 12.7. The van der Waals surface area contributed by atoms with Gasteiger partial charge >= 0.3 is 0 Å². The summed E-state index contributed by atoms with van der Waals surface area (Å²) in [6.07, 6.45) is 7.34. The molecule has 0 radical (unpaired) electrons. The molecule has 0 aliphatic carbocycles. The molecule has 2 aromatic carbocycles. The number of hydrogen-bond donors (Lipinski definition) is 0. The maximum atomic E-state index is 14.0. The van der Waals surface area contributed by atoms with Crippen molar-refractivity contribution < 1.29 is 23.3 Å². The van der Waals surface area contributed by atoms with Crippen LogP contribution in [0.4, 0.5) is 4.39 Å². The zero-order valence-electron chi connectivity index (χ0n) is 22.1. The van der Waals surface area contributed by atoms with Crippen molar-refractivity contribution in [2.24, 2.45) is 0 Å². The van der Waals surface area contributed by atoms with E-state index in [-0.39, 0.29) is 11.6 Å². The van der Waals surface area contributed by atoms with Gasteiger partial charge in [-0.05, 0) is 55.6 Å². The van der Waals surface area contributed by atoms with E-state index >= 15 is 0 Å². The van der Waals surface area contributed by atoms with Gasteiger partial charge in [-0.2, -0.15) is 0 Å². The highest BCUT2D eigenvalue weighted by Gasteiger charge is 2.34. The molecule has 4 rings (SSSR count). The number of halogens is 1. The van der Waals surface area contributed by atoms with Crippen LogP contribution in [-0.2, 0) is 24.2 Å². The Labute approximate surface area is 219 Å². The lowest BCUT2D eigenvalue weighted by molar-refractivity contribution is -0.0548. The molecule has 0 bridgehead atoms. The molecule has 1 unspecified atom stereocenters. The van der Waals surface area contributed by atoms with Crippen molar-refractivity contribution in [3.63, 3.8) is 0 Å². The molecule has 2 heterocycles. The van der Waals surface area contributed by atoms with Gasteiger partial charge in [-0.15, -0.1) is 0 Å². The molecule has 1 atom stereocenters. The van der Waals surface area contributed by atoms with Crippen LogP contribution in [0.25, 0.3) is 0 Å². The van der Waals surface area contributed by atoms with Crippen LogP contribution in [0.5, 0.6) is 17.2 Å². The Morgan fingerprint density at radius 2 is 1.86 bits per heavy atom. The van der Waals surface area contributed by atoms with Gasteiger partial charge in [-0.3, -0.25) is 4.90 Å². The Morgan fingerprint density at radius 1 is 1.00 bits per heavy atom. The van der Waals surface area contributed by atoms with Crippen LogP contribution in [0, 0.1) is 5.82 Å². The van der Waals surface area contributed by atoms with E-state index in [1.807, 2.05) is 18.5 Å². The topological polar surface area (TPSA) is 58.0 Å². The van der Waals surface area contributed by atoms with Crippen molar-refractivity contribution in [2.45, 2.75) is 51.3 Å². The third-order valence-corrected chi connectivity index (χ3v) is 7.09. The molecule has 1 fully saturated rings. The largest absolute Gasteiger partial charge is 0.493 e. The van der Waals surface area contributed by atoms with E-state index in [1.54, 1.807) is 32.4 Å². The van der Waals surface area contributed by atoms with Crippen molar-refractivity contribution >= 4 is 0 Å². The molecule has 1 aromatic heterocycles. The van der Waals surface area contributed by atoms with Gasteiger partial charge in [0.1, 0.15) is 24.6 Å². The summed E-state index contributed by atoms with van der Waals surface area (Å²) in [5.74, 6) is 2.45. The molecule has 200 valence electrons. The quantitative estimate of drug-likeness (QED) is 0.336. The summed E-state index contributed by atoms with van der Waals surface area (Å²) in [5.41, 5.74) is 0.735. The molecule has 0 N–H and O–H groups in total. The summed E-state index contributed by atoms with van der Waals surface area (Å²) >= 11 is 0. The summed E-state index contributed by atoms with van der Waals surface area (Å²) in [7, 11) is 3.39. The molecule has 1 saturated heterocycles. The van der Waals surface area contributed by atoms with E-state index in [9.17, 15) is 4.39 Å². The Hall–Kier alpha value is -3.10. The van der Waals surface area contributed by atoms with E-state index in [2.05, 4.69) is 33.5 Å². The first-order valence-electron chi connectivity index (χ1n) is 13.0. The number of rotatable bonds is 12. The molecule has 1 aliphatic rings. The van der Waals surface area contributed by atoms with Crippen molar-refractivity contribution in [2.75, 3.05) is 40.5 Å². The molecule has 37 heavy (non-hydrogen) atoms. The minimum Gasteiger partial charge on any atom is -0.493 e. The molecule has 1 aliphatic heterocycles. The van der Waals surface area contributed by atoms with Crippen molar-refractivity contribution in [1.29, 1.82) is 0 Å². The second-order valence-electron chi connectivity index (χ2n) is 9.46. The number of imidazole rings is 1. The fourth-order valence-electron chi connectivity index (χ4n) is 4.86. The smallest absolute Gasteiger partial charge is 0.165 e. The number of likely N-dealkylation sites (tertiary alicyclic amines) is 1. The van der Waals surface area contributed by atoms with E-state index < -0.39 is 5.60 Å². The van der Waals surface area contributed by atoms with E-state index in [0.29, 0.717) is 13.2 Å². The molecule has 0 spiro atoms. The lowest BCUT2D eigenvalue weighted by Gasteiger charge is -2.31. The van der Waals surface area contributed by atoms with Gasteiger partial charge in [0.05, 0.1) is 13.7 Å². The highest BCUT2D eigenvalue weighted by atomic mass is 19.1. The summed E-state index contributed by atoms with van der Waals surface area (Å²) in [6.45, 7) is 6.33. The molecular weight excluding hydrogens is 473 g/mol. The van der Waals surface area contributed by atoms with Crippen LogP contribution in [-0.4, -0.2) is 60.6 Å².